The lowest BCUT2D eigenvalue weighted by molar-refractivity contribution is 0.354. The van der Waals surface area contributed by atoms with Gasteiger partial charge < -0.3 is 10.5 Å². The summed E-state index contributed by atoms with van der Waals surface area (Å²) in [4.78, 5) is 0. The van der Waals surface area contributed by atoms with Crippen LogP contribution in [-0.2, 0) is 5.41 Å². The lowest BCUT2D eigenvalue weighted by Gasteiger charge is -2.30. The fourth-order valence-electron chi connectivity index (χ4n) is 2.42. The lowest BCUT2D eigenvalue weighted by Crippen LogP contribution is -2.25. The molecule has 0 aliphatic heterocycles. The van der Waals surface area contributed by atoms with Crippen molar-refractivity contribution in [2.75, 3.05) is 13.7 Å². The van der Waals surface area contributed by atoms with Crippen molar-refractivity contribution in [3.8, 4) is 5.75 Å². The first kappa shape index (κ1) is 14.0. The Labute approximate surface area is 105 Å². The molecule has 1 unspecified atom stereocenters. The molecule has 0 aliphatic rings. The summed E-state index contributed by atoms with van der Waals surface area (Å²) in [5.74, 6) is 1.50. The molecule has 96 valence electrons. The van der Waals surface area contributed by atoms with Crippen LogP contribution in [0.2, 0.25) is 0 Å². The molecular formula is C15H25NO. The number of hydrogen-bond donors (Lipinski definition) is 1. The molecule has 0 saturated heterocycles. The van der Waals surface area contributed by atoms with Gasteiger partial charge in [0, 0.05) is 5.56 Å². The highest BCUT2D eigenvalue weighted by molar-refractivity contribution is 5.41. The van der Waals surface area contributed by atoms with Gasteiger partial charge >= 0.3 is 0 Å². The number of hydrogen-bond acceptors (Lipinski definition) is 2. The minimum atomic E-state index is 0.0934. The third-order valence-corrected chi connectivity index (χ3v) is 3.35. The maximum absolute atomic E-state index is 5.73. The van der Waals surface area contributed by atoms with E-state index in [1.54, 1.807) is 7.11 Å². The van der Waals surface area contributed by atoms with E-state index in [9.17, 15) is 0 Å². The minimum Gasteiger partial charge on any atom is -0.496 e. The van der Waals surface area contributed by atoms with Crippen molar-refractivity contribution in [2.45, 2.75) is 39.5 Å². The van der Waals surface area contributed by atoms with E-state index in [2.05, 4.69) is 45.9 Å². The summed E-state index contributed by atoms with van der Waals surface area (Å²) in [6.07, 6.45) is 1.07. The summed E-state index contributed by atoms with van der Waals surface area (Å²) in [6.45, 7) is 9.57. The van der Waals surface area contributed by atoms with Gasteiger partial charge in [-0.25, -0.2) is 0 Å². The molecule has 17 heavy (non-hydrogen) atoms. The number of nitrogens with two attached hydrogens (primary N) is 1. The Balaban J connectivity index is 3.07. The van der Waals surface area contributed by atoms with E-state index in [-0.39, 0.29) is 5.41 Å². The molecule has 1 atom stereocenters. The Hall–Kier alpha value is -1.02. The van der Waals surface area contributed by atoms with Crippen molar-refractivity contribution in [2.24, 2.45) is 11.7 Å². The molecule has 1 aromatic carbocycles. The van der Waals surface area contributed by atoms with E-state index in [4.69, 9.17) is 10.5 Å². The SMILES string of the molecule is COc1ccc(C)cc1C(C)(C)CC(C)CN. The average Bonchev–Trinajstić information content (AvgIpc) is 2.28. The van der Waals surface area contributed by atoms with Crippen LogP contribution in [0.4, 0.5) is 0 Å². The first-order chi connectivity index (χ1) is 7.90. The molecule has 0 fully saturated rings. The summed E-state index contributed by atoms with van der Waals surface area (Å²) in [6, 6.07) is 6.37. The van der Waals surface area contributed by atoms with Gasteiger partial charge in [0.1, 0.15) is 5.75 Å². The predicted molar refractivity (Wildman–Crippen MR) is 73.6 cm³/mol. The zero-order chi connectivity index (χ0) is 13.1. The van der Waals surface area contributed by atoms with Crippen molar-refractivity contribution >= 4 is 0 Å². The highest BCUT2D eigenvalue weighted by Gasteiger charge is 2.26. The summed E-state index contributed by atoms with van der Waals surface area (Å²) in [5.41, 5.74) is 8.37. The van der Waals surface area contributed by atoms with Gasteiger partial charge in [0.25, 0.3) is 0 Å². The van der Waals surface area contributed by atoms with Gasteiger partial charge in [-0.05, 0) is 37.3 Å². The highest BCUT2D eigenvalue weighted by Crippen LogP contribution is 2.36. The molecule has 2 N–H and O–H groups in total. The molecule has 0 saturated carbocycles. The van der Waals surface area contributed by atoms with Gasteiger partial charge in [0.05, 0.1) is 7.11 Å². The molecule has 0 heterocycles. The first-order valence-corrected chi connectivity index (χ1v) is 6.26. The number of aryl methyl sites for hydroxylation is 1. The second-order valence-corrected chi connectivity index (χ2v) is 5.63. The van der Waals surface area contributed by atoms with E-state index in [1.165, 1.54) is 11.1 Å². The van der Waals surface area contributed by atoms with Gasteiger partial charge in [-0.1, -0.05) is 38.5 Å². The van der Waals surface area contributed by atoms with Crippen molar-refractivity contribution in [1.29, 1.82) is 0 Å². The Kier molecular flexibility index (Phi) is 4.58. The molecule has 0 radical (unpaired) electrons. The normalized spacial score (nSPS) is 13.5. The monoisotopic (exact) mass is 235 g/mol. The molecule has 1 rings (SSSR count). The molecule has 2 nitrogen and oxygen atoms in total. The third-order valence-electron chi connectivity index (χ3n) is 3.35. The molecule has 1 aromatic rings. The number of ether oxygens (including phenoxy) is 1. The van der Waals surface area contributed by atoms with Crippen LogP contribution in [0.15, 0.2) is 18.2 Å². The van der Waals surface area contributed by atoms with Crippen LogP contribution in [-0.4, -0.2) is 13.7 Å². The van der Waals surface area contributed by atoms with Crippen LogP contribution in [0.3, 0.4) is 0 Å². The Morgan fingerprint density at radius 3 is 2.53 bits per heavy atom. The van der Waals surface area contributed by atoms with Crippen LogP contribution in [0.1, 0.15) is 38.3 Å². The number of methoxy groups -OCH3 is 1. The maximum Gasteiger partial charge on any atom is 0.122 e. The van der Waals surface area contributed by atoms with Crippen LogP contribution < -0.4 is 10.5 Å². The fraction of sp³-hybridized carbons (Fsp3) is 0.600. The smallest absolute Gasteiger partial charge is 0.122 e. The molecule has 0 aromatic heterocycles. The van der Waals surface area contributed by atoms with Crippen LogP contribution >= 0.6 is 0 Å². The van der Waals surface area contributed by atoms with Gasteiger partial charge in [-0.3, -0.25) is 0 Å². The topological polar surface area (TPSA) is 35.2 Å². The second-order valence-electron chi connectivity index (χ2n) is 5.63. The van der Waals surface area contributed by atoms with E-state index in [0.717, 1.165) is 18.7 Å². The minimum absolute atomic E-state index is 0.0934. The quantitative estimate of drug-likeness (QED) is 0.850. The average molecular weight is 235 g/mol. The number of rotatable bonds is 5. The Morgan fingerprint density at radius 1 is 1.35 bits per heavy atom. The zero-order valence-electron chi connectivity index (χ0n) is 11.7. The third kappa shape index (κ3) is 3.47. The largest absolute Gasteiger partial charge is 0.496 e. The summed E-state index contributed by atoms with van der Waals surface area (Å²) in [7, 11) is 1.73. The second kappa shape index (κ2) is 5.54. The van der Waals surface area contributed by atoms with E-state index in [0.29, 0.717) is 5.92 Å². The van der Waals surface area contributed by atoms with Crippen molar-refractivity contribution in [3.05, 3.63) is 29.3 Å². The van der Waals surface area contributed by atoms with E-state index in [1.807, 2.05) is 0 Å². The van der Waals surface area contributed by atoms with Crippen molar-refractivity contribution in [3.63, 3.8) is 0 Å². The molecule has 0 spiro atoms. The lowest BCUT2D eigenvalue weighted by atomic mass is 9.76. The molecular weight excluding hydrogens is 210 g/mol. The Morgan fingerprint density at radius 2 is 2.00 bits per heavy atom. The van der Waals surface area contributed by atoms with E-state index < -0.39 is 0 Å². The number of benzene rings is 1. The van der Waals surface area contributed by atoms with Gasteiger partial charge in [0.2, 0.25) is 0 Å². The van der Waals surface area contributed by atoms with Gasteiger partial charge in [0.15, 0.2) is 0 Å². The molecule has 2 heteroatoms. The summed E-state index contributed by atoms with van der Waals surface area (Å²) < 4.78 is 5.47. The fourth-order valence-corrected chi connectivity index (χ4v) is 2.42. The van der Waals surface area contributed by atoms with Crippen LogP contribution in [0.5, 0.6) is 5.75 Å². The predicted octanol–water partition coefficient (Wildman–Crippen LogP) is 3.27. The molecule has 0 bridgehead atoms. The summed E-state index contributed by atoms with van der Waals surface area (Å²) >= 11 is 0. The molecule has 0 aliphatic carbocycles. The first-order valence-electron chi connectivity index (χ1n) is 6.26. The van der Waals surface area contributed by atoms with Gasteiger partial charge in [-0.2, -0.15) is 0 Å². The van der Waals surface area contributed by atoms with Crippen molar-refractivity contribution < 1.29 is 4.74 Å². The Bertz CT molecular complexity index is 371. The maximum atomic E-state index is 5.73. The highest BCUT2D eigenvalue weighted by atomic mass is 16.5. The zero-order valence-corrected chi connectivity index (χ0v) is 11.7. The molecule has 0 amide bonds. The van der Waals surface area contributed by atoms with Crippen molar-refractivity contribution in [1.82, 2.24) is 0 Å². The summed E-state index contributed by atoms with van der Waals surface area (Å²) in [5, 5.41) is 0. The van der Waals surface area contributed by atoms with Crippen LogP contribution in [0, 0.1) is 12.8 Å². The van der Waals surface area contributed by atoms with Crippen LogP contribution in [0.25, 0.3) is 0 Å². The standard InChI is InChI=1S/C15H25NO/c1-11-6-7-14(17-5)13(8-11)15(3,4)9-12(2)10-16/h6-8,12H,9-10,16H2,1-5H3. The van der Waals surface area contributed by atoms with E-state index >= 15 is 0 Å². The van der Waals surface area contributed by atoms with Gasteiger partial charge in [-0.15, -0.1) is 0 Å².